The summed E-state index contributed by atoms with van der Waals surface area (Å²) in [6.45, 7) is 6.79. The van der Waals surface area contributed by atoms with Crippen molar-refractivity contribution in [2.45, 2.75) is 46.5 Å². The molecule has 0 radical (unpaired) electrons. The van der Waals surface area contributed by atoms with Crippen molar-refractivity contribution in [1.82, 2.24) is 0 Å². The number of hydrogen-bond acceptors (Lipinski definition) is 1. The molecular weight excluding hydrogens is 164 g/mol. The number of carbonyl (C=O) groups is 1. The second-order valence-corrected chi connectivity index (χ2v) is 5.13. The number of aliphatic carboxylic acids is 1. The van der Waals surface area contributed by atoms with Crippen LogP contribution in [0, 0.1) is 17.3 Å². The van der Waals surface area contributed by atoms with Gasteiger partial charge >= 0.3 is 5.97 Å². The highest BCUT2D eigenvalue weighted by Crippen LogP contribution is 2.43. The fourth-order valence-electron chi connectivity index (χ4n) is 2.34. The Kier molecular flexibility index (Phi) is 2.99. The van der Waals surface area contributed by atoms with Crippen LogP contribution < -0.4 is 0 Å². The van der Waals surface area contributed by atoms with Crippen LogP contribution in [-0.2, 0) is 4.79 Å². The molecule has 2 heteroatoms. The normalized spacial score (nSPS) is 32.8. The van der Waals surface area contributed by atoms with E-state index in [1.165, 1.54) is 6.42 Å². The fourth-order valence-corrected chi connectivity index (χ4v) is 2.34. The minimum absolute atomic E-state index is 0.332. The van der Waals surface area contributed by atoms with Crippen molar-refractivity contribution < 1.29 is 9.90 Å². The van der Waals surface area contributed by atoms with Crippen LogP contribution in [0.25, 0.3) is 0 Å². The van der Waals surface area contributed by atoms with E-state index in [9.17, 15) is 4.79 Å². The maximum absolute atomic E-state index is 10.6. The standard InChI is InChI=1S/C11H20O2/c1-8-4-5-9(6-10(12)13)7-11(8,2)3/h8-9H,4-7H2,1-3H3,(H,12,13). The summed E-state index contributed by atoms with van der Waals surface area (Å²) >= 11 is 0. The molecule has 0 saturated heterocycles. The van der Waals surface area contributed by atoms with Crippen LogP contribution in [0.5, 0.6) is 0 Å². The molecule has 2 unspecified atom stereocenters. The molecule has 0 bridgehead atoms. The SMILES string of the molecule is CC1CCC(CC(=O)O)CC1(C)C. The number of carboxylic acid groups (broad SMARTS) is 1. The van der Waals surface area contributed by atoms with E-state index in [1.54, 1.807) is 0 Å². The molecule has 2 atom stereocenters. The first kappa shape index (κ1) is 10.6. The molecule has 1 rings (SSSR count). The smallest absolute Gasteiger partial charge is 0.303 e. The average Bonchev–Trinajstić information content (AvgIpc) is 1.95. The summed E-state index contributed by atoms with van der Waals surface area (Å²) in [6, 6.07) is 0. The van der Waals surface area contributed by atoms with Gasteiger partial charge < -0.3 is 5.11 Å². The Morgan fingerprint density at radius 1 is 1.46 bits per heavy atom. The largest absolute Gasteiger partial charge is 0.481 e. The van der Waals surface area contributed by atoms with Crippen LogP contribution in [0.4, 0.5) is 0 Å². The molecule has 0 aromatic carbocycles. The lowest BCUT2D eigenvalue weighted by atomic mass is 9.65. The summed E-state index contributed by atoms with van der Waals surface area (Å²) in [5.74, 6) is 0.497. The Balaban J connectivity index is 2.50. The second-order valence-electron chi connectivity index (χ2n) is 5.13. The van der Waals surface area contributed by atoms with Gasteiger partial charge in [-0.25, -0.2) is 0 Å². The zero-order valence-electron chi connectivity index (χ0n) is 8.84. The van der Waals surface area contributed by atoms with Gasteiger partial charge in [-0.15, -0.1) is 0 Å². The van der Waals surface area contributed by atoms with E-state index in [0.29, 0.717) is 17.8 Å². The van der Waals surface area contributed by atoms with Gasteiger partial charge in [0.25, 0.3) is 0 Å². The molecule has 0 spiro atoms. The predicted molar refractivity (Wildman–Crippen MR) is 52.5 cm³/mol. The Morgan fingerprint density at radius 3 is 2.54 bits per heavy atom. The van der Waals surface area contributed by atoms with E-state index in [2.05, 4.69) is 20.8 Å². The minimum atomic E-state index is -0.643. The summed E-state index contributed by atoms with van der Waals surface area (Å²) in [5.41, 5.74) is 0.332. The summed E-state index contributed by atoms with van der Waals surface area (Å²) < 4.78 is 0. The van der Waals surface area contributed by atoms with Gasteiger partial charge in [0.1, 0.15) is 0 Å². The molecule has 0 aromatic heterocycles. The summed E-state index contributed by atoms with van der Waals surface area (Å²) in [5, 5.41) is 8.70. The van der Waals surface area contributed by atoms with Crippen LogP contribution in [-0.4, -0.2) is 11.1 Å². The van der Waals surface area contributed by atoms with Crippen molar-refractivity contribution in [3.63, 3.8) is 0 Å². The van der Waals surface area contributed by atoms with Crippen LogP contribution in [0.1, 0.15) is 46.5 Å². The molecule has 76 valence electrons. The molecule has 0 heterocycles. The van der Waals surface area contributed by atoms with Crippen LogP contribution >= 0.6 is 0 Å². The van der Waals surface area contributed by atoms with Crippen LogP contribution in [0.3, 0.4) is 0 Å². The molecule has 0 aliphatic heterocycles. The Hall–Kier alpha value is -0.530. The van der Waals surface area contributed by atoms with Gasteiger partial charge in [-0.05, 0) is 36.5 Å². The number of rotatable bonds is 2. The molecule has 0 aromatic rings. The molecule has 13 heavy (non-hydrogen) atoms. The first-order valence-corrected chi connectivity index (χ1v) is 5.13. The van der Waals surface area contributed by atoms with Crippen molar-refractivity contribution >= 4 is 5.97 Å². The molecule has 1 saturated carbocycles. The second kappa shape index (κ2) is 3.69. The van der Waals surface area contributed by atoms with Gasteiger partial charge in [0, 0.05) is 6.42 Å². The Bertz CT molecular complexity index is 196. The molecule has 0 amide bonds. The summed E-state index contributed by atoms with van der Waals surface area (Å²) in [7, 11) is 0. The van der Waals surface area contributed by atoms with E-state index >= 15 is 0 Å². The van der Waals surface area contributed by atoms with Crippen molar-refractivity contribution in [2.75, 3.05) is 0 Å². The van der Waals surface area contributed by atoms with E-state index in [-0.39, 0.29) is 0 Å². The molecule has 1 aliphatic carbocycles. The third kappa shape index (κ3) is 2.71. The highest BCUT2D eigenvalue weighted by atomic mass is 16.4. The van der Waals surface area contributed by atoms with Gasteiger partial charge in [0.2, 0.25) is 0 Å². The molecular formula is C11H20O2. The van der Waals surface area contributed by atoms with Gasteiger partial charge in [-0.3, -0.25) is 4.79 Å². The number of carboxylic acids is 1. The third-order valence-electron chi connectivity index (χ3n) is 3.62. The maximum atomic E-state index is 10.6. The lowest BCUT2D eigenvalue weighted by molar-refractivity contribution is -0.138. The summed E-state index contributed by atoms with van der Waals surface area (Å²) in [4.78, 5) is 10.6. The number of hydrogen-bond donors (Lipinski definition) is 1. The van der Waals surface area contributed by atoms with Crippen LogP contribution in [0.15, 0.2) is 0 Å². The van der Waals surface area contributed by atoms with Gasteiger partial charge in [-0.1, -0.05) is 20.8 Å². The monoisotopic (exact) mass is 184 g/mol. The van der Waals surface area contributed by atoms with Gasteiger partial charge in [0.15, 0.2) is 0 Å². The zero-order valence-corrected chi connectivity index (χ0v) is 8.84. The lowest BCUT2D eigenvalue weighted by Crippen LogP contribution is -2.31. The van der Waals surface area contributed by atoms with Gasteiger partial charge in [0.05, 0.1) is 0 Å². The summed E-state index contributed by atoms with van der Waals surface area (Å²) in [6.07, 6.45) is 3.71. The minimum Gasteiger partial charge on any atom is -0.481 e. The molecule has 1 aliphatic rings. The van der Waals surface area contributed by atoms with E-state index in [1.807, 2.05) is 0 Å². The first-order chi connectivity index (χ1) is 5.92. The maximum Gasteiger partial charge on any atom is 0.303 e. The van der Waals surface area contributed by atoms with Crippen LogP contribution in [0.2, 0.25) is 0 Å². The van der Waals surface area contributed by atoms with Crippen molar-refractivity contribution in [2.24, 2.45) is 17.3 Å². The molecule has 2 nitrogen and oxygen atoms in total. The zero-order chi connectivity index (χ0) is 10.1. The van der Waals surface area contributed by atoms with Crippen molar-refractivity contribution in [3.05, 3.63) is 0 Å². The third-order valence-corrected chi connectivity index (χ3v) is 3.62. The van der Waals surface area contributed by atoms with E-state index < -0.39 is 5.97 Å². The quantitative estimate of drug-likeness (QED) is 0.716. The highest BCUT2D eigenvalue weighted by molar-refractivity contribution is 5.67. The van der Waals surface area contributed by atoms with Crippen molar-refractivity contribution in [1.29, 1.82) is 0 Å². The average molecular weight is 184 g/mol. The molecule has 1 N–H and O–H groups in total. The lowest BCUT2D eigenvalue weighted by Gasteiger charge is -2.40. The Labute approximate surface area is 80.3 Å². The fraction of sp³-hybridized carbons (Fsp3) is 0.909. The first-order valence-electron chi connectivity index (χ1n) is 5.13. The van der Waals surface area contributed by atoms with E-state index in [4.69, 9.17) is 5.11 Å². The highest BCUT2D eigenvalue weighted by Gasteiger charge is 2.34. The topological polar surface area (TPSA) is 37.3 Å². The Morgan fingerprint density at radius 2 is 2.08 bits per heavy atom. The van der Waals surface area contributed by atoms with Gasteiger partial charge in [-0.2, -0.15) is 0 Å². The predicted octanol–water partition coefficient (Wildman–Crippen LogP) is 2.92. The van der Waals surface area contributed by atoms with E-state index in [0.717, 1.165) is 18.8 Å². The van der Waals surface area contributed by atoms with Crippen molar-refractivity contribution in [3.8, 4) is 0 Å². The molecule has 1 fully saturated rings.